The molecule has 10 heteroatoms. The molecule has 0 saturated heterocycles. The minimum Gasteiger partial charge on any atom is -0.493 e. The number of fused-ring (bicyclic) bond motifs is 3. The number of para-hydroxylation sites is 1. The Kier molecular flexibility index (Phi) is 6.52. The SMILES string of the molecule is COc1cc(/C=N/Nc2nnc3c4ccccc4n(C)c3n2)cc(Br)c1OCc1ccccc1Cl. The van der Waals surface area contributed by atoms with Crippen LogP contribution in [-0.2, 0) is 13.7 Å². The van der Waals surface area contributed by atoms with E-state index in [9.17, 15) is 0 Å². The first kappa shape index (κ1) is 23.1. The van der Waals surface area contributed by atoms with Gasteiger partial charge in [0.1, 0.15) is 12.1 Å². The average molecular weight is 552 g/mol. The summed E-state index contributed by atoms with van der Waals surface area (Å²) in [6.45, 7) is 0.310. The smallest absolute Gasteiger partial charge is 0.265 e. The lowest BCUT2D eigenvalue weighted by Crippen LogP contribution is -2.02. The summed E-state index contributed by atoms with van der Waals surface area (Å²) in [4.78, 5) is 4.57. The summed E-state index contributed by atoms with van der Waals surface area (Å²) in [6, 6.07) is 19.2. The van der Waals surface area contributed by atoms with Crippen molar-refractivity contribution in [2.75, 3.05) is 12.5 Å². The van der Waals surface area contributed by atoms with Crippen LogP contribution in [0.1, 0.15) is 11.1 Å². The number of ether oxygens (including phenoxy) is 2. The first-order chi connectivity index (χ1) is 17.0. The summed E-state index contributed by atoms with van der Waals surface area (Å²) in [5.74, 6) is 1.43. The van der Waals surface area contributed by atoms with Crippen LogP contribution in [0.3, 0.4) is 0 Å². The van der Waals surface area contributed by atoms with E-state index in [0.717, 1.165) is 37.7 Å². The van der Waals surface area contributed by atoms with Gasteiger partial charge in [-0.15, -0.1) is 10.2 Å². The van der Waals surface area contributed by atoms with Crippen LogP contribution in [0.25, 0.3) is 22.1 Å². The molecule has 0 aliphatic rings. The van der Waals surface area contributed by atoms with E-state index in [2.05, 4.69) is 41.6 Å². The minimum atomic E-state index is 0.297. The van der Waals surface area contributed by atoms with Gasteiger partial charge in [-0.1, -0.05) is 48.0 Å². The molecule has 0 radical (unpaired) electrons. The quantitative estimate of drug-likeness (QED) is 0.198. The van der Waals surface area contributed by atoms with E-state index in [0.29, 0.717) is 29.1 Å². The van der Waals surface area contributed by atoms with Crippen molar-refractivity contribution in [2.45, 2.75) is 6.61 Å². The number of anilines is 1. The fourth-order valence-electron chi connectivity index (χ4n) is 3.74. The molecule has 1 N–H and O–H groups in total. The van der Waals surface area contributed by atoms with Crippen molar-refractivity contribution in [3.8, 4) is 11.5 Å². The van der Waals surface area contributed by atoms with Crippen LogP contribution in [-0.4, -0.2) is 33.1 Å². The van der Waals surface area contributed by atoms with Crippen molar-refractivity contribution < 1.29 is 9.47 Å². The van der Waals surface area contributed by atoms with Gasteiger partial charge in [-0.05, 0) is 45.8 Å². The molecule has 0 saturated carbocycles. The molecular weight excluding hydrogens is 532 g/mol. The van der Waals surface area contributed by atoms with E-state index in [1.807, 2.05) is 72.3 Å². The molecule has 0 unspecified atom stereocenters. The molecular formula is C25H20BrClN6O2. The molecule has 0 bridgehead atoms. The number of hydrazone groups is 1. The monoisotopic (exact) mass is 550 g/mol. The van der Waals surface area contributed by atoms with Gasteiger partial charge < -0.3 is 14.0 Å². The number of aryl methyl sites for hydroxylation is 1. The van der Waals surface area contributed by atoms with Crippen LogP contribution >= 0.6 is 27.5 Å². The topological polar surface area (TPSA) is 86.5 Å². The summed E-state index contributed by atoms with van der Waals surface area (Å²) in [7, 11) is 3.54. The van der Waals surface area contributed by atoms with Gasteiger partial charge in [0.15, 0.2) is 17.1 Å². The highest BCUT2D eigenvalue weighted by Crippen LogP contribution is 2.37. The molecule has 0 atom stereocenters. The van der Waals surface area contributed by atoms with Gasteiger partial charge in [-0.3, -0.25) is 0 Å². The Balaban J connectivity index is 1.34. The molecule has 5 rings (SSSR count). The maximum absolute atomic E-state index is 6.23. The molecule has 0 aliphatic heterocycles. The molecule has 0 amide bonds. The van der Waals surface area contributed by atoms with E-state index in [-0.39, 0.29) is 0 Å². The first-order valence-electron chi connectivity index (χ1n) is 10.7. The molecule has 3 aromatic carbocycles. The van der Waals surface area contributed by atoms with E-state index in [1.54, 1.807) is 13.3 Å². The number of nitrogens with zero attached hydrogens (tertiary/aromatic N) is 5. The second-order valence-electron chi connectivity index (χ2n) is 7.67. The molecule has 2 aromatic heterocycles. The fourth-order valence-corrected chi connectivity index (χ4v) is 4.50. The highest BCUT2D eigenvalue weighted by atomic mass is 79.9. The molecule has 35 heavy (non-hydrogen) atoms. The molecule has 0 aliphatic carbocycles. The van der Waals surface area contributed by atoms with Crippen molar-refractivity contribution in [1.29, 1.82) is 0 Å². The van der Waals surface area contributed by atoms with Gasteiger partial charge in [0.2, 0.25) is 0 Å². The van der Waals surface area contributed by atoms with Crippen molar-refractivity contribution in [3.05, 3.63) is 81.3 Å². The van der Waals surface area contributed by atoms with Crippen molar-refractivity contribution in [3.63, 3.8) is 0 Å². The first-order valence-corrected chi connectivity index (χ1v) is 11.8. The Morgan fingerprint density at radius 1 is 1.11 bits per heavy atom. The van der Waals surface area contributed by atoms with Crippen LogP contribution in [0.15, 0.2) is 70.2 Å². The minimum absolute atomic E-state index is 0.297. The standard InChI is InChI=1S/C25H20BrClN6O2/c1-33-20-10-6-4-8-17(20)22-24(33)29-25(32-30-22)31-28-13-15-11-18(26)23(21(12-15)34-2)35-14-16-7-3-5-9-19(16)27/h3-13H,14H2,1-2H3,(H,29,31,32)/b28-13+. The lowest BCUT2D eigenvalue weighted by molar-refractivity contribution is 0.282. The second kappa shape index (κ2) is 9.89. The molecule has 5 aromatic rings. The number of methoxy groups -OCH3 is 1. The molecule has 0 fully saturated rings. The van der Waals surface area contributed by atoms with E-state index < -0.39 is 0 Å². The van der Waals surface area contributed by atoms with E-state index in [4.69, 9.17) is 21.1 Å². The Bertz CT molecular complexity index is 1570. The maximum Gasteiger partial charge on any atom is 0.265 e. The number of aromatic nitrogens is 4. The zero-order valence-corrected chi connectivity index (χ0v) is 21.2. The number of nitrogens with one attached hydrogen (secondary N) is 1. The predicted molar refractivity (Wildman–Crippen MR) is 142 cm³/mol. The Morgan fingerprint density at radius 2 is 1.91 bits per heavy atom. The lowest BCUT2D eigenvalue weighted by Gasteiger charge is -2.14. The third-order valence-electron chi connectivity index (χ3n) is 5.47. The van der Waals surface area contributed by atoms with Crippen LogP contribution in [0.4, 0.5) is 5.95 Å². The van der Waals surface area contributed by atoms with Crippen LogP contribution in [0.5, 0.6) is 11.5 Å². The average Bonchev–Trinajstić information content (AvgIpc) is 3.15. The van der Waals surface area contributed by atoms with Crippen molar-refractivity contribution >= 4 is 61.8 Å². The van der Waals surface area contributed by atoms with Crippen molar-refractivity contribution in [1.82, 2.24) is 19.7 Å². The summed E-state index contributed by atoms with van der Waals surface area (Å²) >= 11 is 9.80. The van der Waals surface area contributed by atoms with Gasteiger partial charge in [-0.25, -0.2) is 5.43 Å². The lowest BCUT2D eigenvalue weighted by atomic mass is 10.2. The summed E-state index contributed by atoms with van der Waals surface area (Å²) < 4.78 is 14.2. The molecule has 0 spiro atoms. The summed E-state index contributed by atoms with van der Waals surface area (Å²) in [5, 5.41) is 14.4. The maximum atomic E-state index is 6.23. The number of halogens is 2. The van der Waals surface area contributed by atoms with Gasteiger partial charge in [0, 0.05) is 23.0 Å². The molecule has 2 heterocycles. The number of benzene rings is 3. The third kappa shape index (κ3) is 4.65. The zero-order chi connectivity index (χ0) is 24.4. The Morgan fingerprint density at radius 3 is 2.74 bits per heavy atom. The molecule has 176 valence electrons. The number of rotatable bonds is 7. The second-order valence-corrected chi connectivity index (χ2v) is 8.93. The third-order valence-corrected chi connectivity index (χ3v) is 6.42. The predicted octanol–water partition coefficient (Wildman–Crippen LogP) is 5.97. The highest BCUT2D eigenvalue weighted by molar-refractivity contribution is 9.10. The van der Waals surface area contributed by atoms with Gasteiger partial charge in [-0.2, -0.15) is 10.1 Å². The van der Waals surface area contributed by atoms with Gasteiger partial charge in [0.05, 0.1) is 23.3 Å². The summed E-state index contributed by atoms with van der Waals surface area (Å²) in [6.07, 6.45) is 1.64. The highest BCUT2D eigenvalue weighted by Gasteiger charge is 2.13. The van der Waals surface area contributed by atoms with E-state index >= 15 is 0 Å². The fraction of sp³-hybridized carbons (Fsp3) is 0.120. The van der Waals surface area contributed by atoms with E-state index in [1.165, 1.54) is 0 Å². The zero-order valence-electron chi connectivity index (χ0n) is 18.9. The number of hydrogen-bond acceptors (Lipinski definition) is 7. The normalized spacial score (nSPS) is 11.4. The Labute approximate surface area is 214 Å². The van der Waals surface area contributed by atoms with Crippen molar-refractivity contribution in [2.24, 2.45) is 12.1 Å². The van der Waals surface area contributed by atoms with Gasteiger partial charge in [0.25, 0.3) is 5.95 Å². The molecule has 8 nitrogen and oxygen atoms in total. The van der Waals surface area contributed by atoms with Crippen LogP contribution in [0, 0.1) is 0 Å². The Hall–Kier alpha value is -3.69. The summed E-state index contributed by atoms with van der Waals surface area (Å²) in [5.41, 5.74) is 7.03. The van der Waals surface area contributed by atoms with Crippen LogP contribution < -0.4 is 14.9 Å². The largest absolute Gasteiger partial charge is 0.493 e. The van der Waals surface area contributed by atoms with Gasteiger partial charge >= 0.3 is 0 Å². The van der Waals surface area contributed by atoms with Crippen LogP contribution in [0.2, 0.25) is 5.02 Å². The number of hydrogen-bond donors (Lipinski definition) is 1.